The fourth-order valence-electron chi connectivity index (χ4n) is 3.91. The zero-order valence-corrected chi connectivity index (χ0v) is 16.1. The minimum atomic E-state index is -0.115. The minimum absolute atomic E-state index is 0.0195. The summed E-state index contributed by atoms with van der Waals surface area (Å²) in [4.78, 5) is 34.9. The van der Waals surface area contributed by atoms with Crippen molar-refractivity contribution in [2.45, 2.75) is 52.0 Å². The molecule has 1 saturated heterocycles. The zero-order chi connectivity index (χ0) is 19.0. The normalized spacial score (nSPS) is 19.3. The van der Waals surface area contributed by atoms with Crippen molar-refractivity contribution in [3.63, 3.8) is 0 Å². The highest BCUT2D eigenvalue weighted by Gasteiger charge is 2.36. The van der Waals surface area contributed by atoms with E-state index in [-0.39, 0.29) is 29.7 Å². The number of aryl methyl sites for hydroxylation is 1. The molecule has 144 valence electrons. The van der Waals surface area contributed by atoms with E-state index >= 15 is 0 Å². The number of imidazole rings is 1. The number of hydrogen-bond donors (Lipinski definition) is 2. The second-order valence-electron chi connectivity index (χ2n) is 7.99. The Labute approximate surface area is 159 Å². The summed E-state index contributed by atoms with van der Waals surface area (Å²) in [5.41, 5.74) is 3.11. The Morgan fingerprint density at radius 3 is 2.63 bits per heavy atom. The Morgan fingerprint density at radius 1 is 1.22 bits per heavy atom. The van der Waals surface area contributed by atoms with E-state index in [4.69, 9.17) is 0 Å². The van der Waals surface area contributed by atoms with Crippen LogP contribution in [0.4, 0.5) is 0 Å². The molecule has 6 heteroatoms. The van der Waals surface area contributed by atoms with Gasteiger partial charge in [0.2, 0.25) is 11.8 Å². The van der Waals surface area contributed by atoms with Crippen LogP contribution in [0.1, 0.15) is 56.5 Å². The van der Waals surface area contributed by atoms with Crippen molar-refractivity contribution >= 4 is 22.8 Å². The molecule has 4 rings (SSSR count). The van der Waals surface area contributed by atoms with Crippen molar-refractivity contribution in [2.24, 2.45) is 11.8 Å². The Hall–Kier alpha value is -2.37. The number of amides is 2. The summed E-state index contributed by atoms with van der Waals surface area (Å²) in [6.45, 7) is 5.52. The van der Waals surface area contributed by atoms with Crippen LogP contribution in [0.25, 0.3) is 11.0 Å². The van der Waals surface area contributed by atoms with Gasteiger partial charge in [0, 0.05) is 24.9 Å². The number of aromatic nitrogens is 2. The second kappa shape index (κ2) is 7.33. The van der Waals surface area contributed by atoms with Crippen molar-refractivity contribution in [1.29, 1.82) is 0 Å². The van der Waals surface area contributed by atoms with Gasteiger partial charge in [-0.1, -0.05) is 13.0 Å². The molecule has 2 N–H and O–H groups in total. The number of piperidine rings is 1. The maximum Gasteiger partial charge on any atom is 0.225 e. The molecule has 27 heavy (non-hydrogen) atoms. The van der Waals surface area contributed by atoms with Gasteiger partial charge in [-0.05, 0) is 56.7 Å². The van der Waals surface area contributed by atoms with E-state index in [2.05, 4.69) is 35.2 Å². The number of carbonyl (C=O) groups excluding carboxylic acids is 2. The molecular weight excluding hydrogens is 340 g/mol. The molecule has 1 atom stereocenters. The topological polar surface area (TPSA) is 78.1 Å². The molecule has 6 nitrogen and oxygen atoms in total. The third-order valence-electron chi connectivity index (χ3n) is 5.81. The average Bonchev–Trinajstić information content (AvgIpc) is 3.45. The fraction of sp³-hybridized carbons (Fsp3) is 0.571. The van der Waals surface area contributed by atoms with Gasteiger partial charge in [0.1, 0.15) is 5.82 Å². The van der Waals surface area contributed by atoms with E-state index in [0.717, 1.165) is 49.0 Å². The summed E-state index contributed by atoms with van der Waals surface area (Å²) in [5.74, 6) is 1.42. The molecule has 0 unspecified atom stereocenters. The highest BCUT2D eigenvalue weighted by Crippen LogP contribution is 2.32. The molecule has 1 aromatic carbocycles. The zero-order valence-electron chi connectivity index (χ0n) is 16.1. The SMILES string of the molecule is CC[C@H](NC(=O)C1CCN(C(=O)C2CC2)CC1)c1nc2ccc(C)cc2[nH]1. The Kier molecular flexibility index (Phi) is 4.89. The first kappa shape index (κ1) is 18.0. The van der Waals surface area contributed by atoms with Gasteiger partial charge in [0.15, 0.2) is 0 Å². The molecule has 2 heterocycles. The number of aromatic amines is 1. The number of benzene rings is 1. The van der Waals surface area contributed by atoms with Crippen LogP contribution in [-0.4, -0.2) is 39.8 Å². The molecule has 2 aromatic rings. The van der Waals surface area contributed by atoms with Crippen molar-refractivity contribution in [1.82, 2.24) is 20.2 Å². The number of carbonyl (C=O) groups is 2. The largest absolute Gasteiger partial charge is 0.346 e. The fourth-order valence-corrected chi connectivity index (χ4v) is 3.91. The standard InChI is InChI=1S/C21H28N4O2/c1-3-16(19-22-17-7-4-13(2)12-18(17)23-19)24-20(26)14-8-10-25(11-9-14)21(27)15-5-6-15/h4,7,12,14-16H,3,5-6,8-11H2,1-2H3,(H,22,23)(H,24,26)/t16-/m0/s1. The van der Waals surface area contributed by atoms with Gasteiger partial charge in [-0.2, -0.15) is 0 Å². The molecule has 1 aliphatic carbocycles. The number of nitrogens with one attached hydrogen (secondary N) is 2. The van der Waals surface area contributed by atoms with E-state index < -0.39 is 0 Å². The molecule has 0 bridgehead atoms. The van der Waals surface area contributed by atoms with Crippen LogP contribution in [0, 0.1) is 18.8 Å². The summed E-state index contributed by atoms with van der Waals surface area (Å²) in [5, 5.41) is 3.17. The minimum Gasteiger partial charge on any atom is -0.346 e. The summed E-state index contributed by atoms with van der Waals surface area (Å²) >= 11 is 0. The van der Waals surface area contributed by atoms with E-state index in [9.17, 15) is 9.59 Å². The van der Waals surface area contributed by atoms with Crippen LogP contribution in [0.5, 0.6) is 0 Å². The maximum atomic E-state index is 12.8. The first-order valence-corrected chi connectivity index (χ1v) is 10.1. The molecule has 0 spiro atoms. The van der Waals surface area contributed by atoms with Crippen LogP contribution in [0.3, 0.4) is 0 Å². The van der Waals surface area contributed by atoms with Gasteiger partial charge in [-0.3, -0.25) is 9.59 Å². The predicted octanol–water partition coefficient (Wildman–Crippen LogP) is 3.09. The lowest BCUT2D eigenvalue weighted by Gasteiger charge is -2.32. The predicted molar refractivity (Wildman–Crippen MR) is 104 cm³/mol. The lowest BCUT2D eigenvalue weighted by atomic mass is 9.95. The Balaban J connectivity index is 1.37. The van der Waals surface area contributed by atoms with Crippen LogP contribution in [0.2, 0.25) is 0 Å². The summed E-state index contributed by atoms with van der Waals surface area (Å²) in [6, 6.07) is 6.01. The lowest BCUT2D eigenvalue weighted by Crippen LogP contribution is -2.44. The van der Waals surface area contributed by atoms with Crippen molar-refractivity contribution in [2.75, 3.05) is 13.1 Å². The molecule has 2 amide bonds. The summed E-state index contributed by atoms with van der Waals surface area (Å²) in [7, 11) is 0. The van der Waals surface area contributed by atoms with Gasteiger partial charge in [-0.15, -0.1) is 0 Å². The summed E-state index contributed by atoms with van der Waals surface area (Å²) in [6.07, 6.45) is 4.35. The Morgan fingerprint density at radius 2 is 1.96 bits per heavy atom. The Bertz CT molecular complexity index is 847. The number of H-pyrrole nitrogens is 1. The van der Waals surface area contributed by atoms with E-state index in [1.165, 1.54) is 5.56 Å². The van der Waals surface area contributed by atoms with E-state index in [1.807, 2.05) is 17.0 Å². The molecule has 1 aliphatic heterocycles. The molecule has 0 radical (unpaired) electrons. The first-order chi connectivity index (χ1) is 13.0. The van der Waals surface area contributed by atoms with Gasteiger partial charge in [0.05, 0.1) is 17.1 Å². The smallest absolute Gasteiger partial charge is 0.225 e. The quantitative estimate of drug-likeness (QED) is 0.851. The second-order valence-corrected chi connectivity index (χ2v) is 7.99. The number of hydrogen-bond acceptors (Lipinski definition) is 3. The molecule has 2 aliphatic rings. The van der Waals surface area contributed by atoms with Gasteiger partial charge >= 0.3 is 0 Å². The third kappa shape index (κ3) is 3.84. The first-order valence-electron chi connectivity index (χ1n) is 10.1. The third-order valence-corrected chi connectivity index (χ3v) is 5.81. The van der Waals surface area contributed by atoms with Crippen LogP contribution >= 0.6 is 0 Å². The lowest BCUT2D eigenvalue weighted by molar-refractivity contribution is -0.136. The van der Waals surface area contributed by atoms with Crippen molar-refractivity contribution in [3.05, 3.63) is 29.6 Å². The van der Waals surface area contributed by atoms with E-state index in [0.29, 0.717) is 13.1 Å². The average molecular weight is 368 g/mol. The molecule has 2 fully saturated rings. The van der Waals surface area contributed by atoms with Gasteiger partial charge < -0.3 is 15.2 Å². The number of fused-ring (bicyclic) bond motifs is 1. The van der Waals surface area contributed by atoms with Crippen LogP contribution < -0.4 is 5.32 Å². The molecule has 1 aromatic heterocycles. The maximum absolute atomic E-state index is 12.8. The number of rotatable bonds is 5. The molecule has 1 saturated carbocycles. The van der Waals surface area contributed by atoms with Crippen molar-refractivity contribution < 1.29 is 9.59 Å². The highest BCUT2D eigenvalue weighted by atomic mass is 16.2. The highest BCUT2D eigenvalue weighted by molar-refractivity contribution is 5.82. The van der Waals surface area contributed by atoms with Gasteiger partial charge in [0.25, 0.3) is 0 Å². The van der Waals surface area contributed by atoms with Crippen LogP contribution in [0.15, 0.2) is 18.2 Å². The van der Waals surface area contributed by atoms with E-state index in [1.54, 1.807) is 0 Å². The number of nitrogens with zero attached hydrogens (tertiary/aromatic N) is 2. The summed E-state index contributed by atoms with van der Waals surface area (Å²) < 4.78 is 0. The van der Waals surface area contributed by atoms with Crippen LogP contribution in [-0.2, 0) is 9.59 Å². The monoisotopic (exact) mass is 368 g/mol. The van der Waals surface area contributed by atoms with Gasteiger partial charge in [-0.25, -0.2) is 4.98 Å². The number of likely N-dealkylation sites (tertiary alicyclic amines) is 1. The molecular formula is C21H28N4O2. The van der Waals surface area contributed by atoms with Crippen molar-refractivity contribution in [3.8, 4) is 0 Å².